The van der Waals surface area contributed by atoms with Gasteiger partial charge in [-0.3, -0.25) is 13.6 Å². The predicted molar refractivity (Wildman–Crippen MR) is 70.3 cm³/mol. The van der Waals surface area contributed by atoms with Gasteiger partial charge in [-0.05, 0) is 0 Å². The monoisotopic (exact) mass is 329 g/mol. The molecule has 0 spiro atoms. The highest BCUT2D eigenvalue weighted by Gasteiger charge is 2.52. The van der Waals surface area contributed by atoms with E-state index in [-0.39, 0.29) is 12.6 Å². The van der Waals surface area contributed by atoms with Gasteiger partial charge < -0.3 is 20.5 Å². The Morgan fingerprint density at radius 1 is 1.45 bits per heavy atom. The maximum absolute atomic E-state index is 11.5. The molecule has 12 heteroatoms. The Morgan fingerprint density at radius 2 is 2.27 bits per heavy atom. The first-order valence-electron chi connectivity index (χ1n) is 6.39. The van der Waals surface area contributed by atoms with Crippen LogP contribution in [0.5, 0.6) is 0 Å². The van der Waals surface area contributed by atoms with E-state index in [0.29, 0.717) is 11.2 Å². The number of nitrogen functional groups attached to an aromatic ring is 1. The minimum Gasteiger partial charge on any atom is -0.386 e. The lowest BCUT2D eigenvalue weighted by Crippen LogP contribution is -2.39. The Labute approximate surface area is 123 Å². The lowest BCUT2D eigenvalue weighted by atomic mass is 10.1. The molecule has 4 rings (SSSR count). The molecule has 2 saturated heterocycles. The quantitative estimate of drug-likeness (QED) is 0.565. The second-order valence-electron chi connectivity index (χ2n) is 4.98. The molecule has 2 aromatic rings. The molecule has 0 aliphatic carbocycles. The van der Waals surface area contributed by atoms with Gasteiger partial charge in [-0.1, -0.05) is 0 Å². The molecule has 2 aromatic heterocycles. The number of rotatable bonds is 1. The zero-order valence-electron chi connectivity index (χ0n) is 11.0. The fourth-order valence-corrected chi connectivity index (χ4v) is 3.56. The summed E-state index contributed by atoms with van der Waals surface area (Å²) in [6, 6.07) is 0. The average molecular weight is 329 g/mol. The van der Waals surface area contributed by atoms with Crippen LogP contribution in [0, 0.1) is 0 Å². The van der Waals surface area contributed by atoms with Gasteiger partial charge in [0, 0.05) is 0 Å². The lowest BCUT2D eigenvalue weighted by Gasteiger charge is -2.27. The van der Waals surface area contributed by atoms with Crippen LogP contribution in [-0.2, 0) is 18.3 Å². The van der Waals surface area contributed by atoms with Crippen molar-refractivity contribution < 1.29 is 28.3 Å². The molecule has 2 aliphatic rings. The van der Waals surface area contributed by atoms with Crippen molar-refractivity contribution in [3.8, 4) is 0 Å². The van der Waals surface area contributed by atoms with Crippen molar-refractivity contribution in [2.75, 3.05) is 12.3 Å². The molecule has 0 amide bonds. The van der Waals surface area contributed by atoms with Crippen LogP contribution in [-0.4, -0.2) is 54.4 Å². The molecule has 2 aliphatic heterocycles. The summed E-state index contributed by atoms with van der Waals surface area (Å²) in [6.07, 6.45) is -0.871. The van der Waals surface area contributed by atoms with Gasteiger partial charge in [-0.15, -0.1) is 0 Å². The normalized spacial score (nSPS) is 38.3. The van der Waals surface area contributed by atoms with Gasteiger partial charge >= 0.3 is 7.82 Å². The van der Waals surface area contributed by atoms with Crippen LogP contribution in [0.15, 0.2) is 12.5 Å². The van der Waals surface area contributed by atoms with Crippen LogP contribution < -0.4 is 5.73 Å². The highest BCUT2D eigenvalue weighted by molar-refractivity contribution is 7.47. The largest absolute Gasteiger partial charge is 0.472 e. The second kappa shape index (κ2) is 4.69. The molecule has 22 heavy (non-hydrogen) atoms. The van der Waals surface area contributed by atoms with Crippen molar-refractivity contribution in [2.45, 2.75) is 24.5 Å². The van der Waals surface area contributed by atoms with E-state index in [1.165, 1.54) is 17.1 Å². The minimum atomic E-state index is -4.16. The molecule has 118 valence electrons. The maximum atomic E-state index is 11.5. The van der Waals surface area contributed by atoms with Gasteiger partial charge in [0.15, 0.2) is 11.9 Å². The highest BCUT2D eigenvalue weighted by atomic mass is 31.2. The smallest absolute Gasteiger partial charge is 0.386 e. The minimum absolute atomic E-state index is 0.0543. The number of hydrogen-bond donors (Lipinski definition) is 3. The molecule has 2 fully saturated rings. The zero-order valence-corrected chi connectivity index (χ0v) is 11.9. The summed E-state index contributed by atoms with van der Waals surface area (Å²) < 4.78 is 28.2. The number of nitrogens with zero attached hydrogens (tertiary/aromatic N) is 4. The topological polar surface area (TPSA) is 155 Å². The Morgan fingerprint density at radius 3 is 3.09 bits per heavy atom. The first-order valence-corrected chi connectivity index (χ1v) is 7.88. The Kier molecular flexibility index (Phi) is 2.98. The van der Waals surface area contributed by atoms with Crippen molar-refractivity contribution in [2.24, 2.45) is 0 Å². The number of phosphoric acid groups is 1. The third-order valence-electron chi connectivity index (χ3n) is 3.57. The number of aromatic nitrogens is 4. The number of imidazole rings is 1. The number of phosphoric ester groups is 1. The van der Waals surface area contributed by atoms with Gasteiger partial charge in [-0.2, -0.15) is 4.98 Å². The van der Waals surface area contributed by atoms with Crippen LogP contribution in [0.4, 0.5) is 5.95 Å². The van der Waals surface area contributed by atoms with Crippen molar-refractivity contribution in [3.05, 3.63) is 12.5 Å². The molecule has 0 aromatic carbocycles. The Balaban J connectivity index is 1.71. The van der Waals surface area contributed by atoms with Gasteiger partial charge in [0.1, 0.15) is 23.8 Å². The molecular formula is C10H12N5O6P. The summed E-state index contributed by atoms with van der Waals surface area (Å²) in [7, 11) is -4.16. The van der Waals surface area contributed by atoms with Crippen molar-refractivity contribution in [3.63, 3.8) is 0 Å². The molecule has 0 bridgehead atoms. The highest BCUT2D eigenvalue weighted by Crippen LogP contribution is 2.52. The number of fused-ring (bicyclic) bond motifs is 2. The standard InChI is InChI=1S/C10H12N5O6P/c11-10-12-1-4-8(14-10)15(3-13-4)9-6(16)7-5(20-9)2-19-22(17,18)21-7/h1,3,5-7,9,16H,2H2,(H,17,18)(H2,11,12,14). The van der Waals surface area contributed by atoms with Gasteiger partial charge in [0.25, 0.3) is 0 Å². The van der Waals surface area contributed by atoms with Gasteiger partial charge in [0.05, 0.1) is 19.1 Å². The molecule has 4 N–H and O–H groups in total. The van der Waals surface area contributed by atoms with Crippen LogP contribution in [0.25, 0.3) is 11.2 Å². The summed E-state index contributed by atoms with van der Waals surface area (Å²) in [5.74, 6) is 0.0543. The molecule has 5 atom stereocenters. The summed E-state index contributed by atoms with van der Waals surface area (Å²) in [6.45, 7) is -0.157. The molecule has 5 unspecified atom stereocenters. The summed E-state index contributed by atoms with van der Waals surface area (Å²) in [5.41, 5.74) is 6.41. The first kappa shape index (κ1) is 14.0. The van der Waals surface area contributed by atoms with E-state index < -0.39 is 32.4 Å². The molecule has 4 heterocycles. The summed E-state index contributed by atoms with van der Waals surface area (Å²) in [4.78, 5) is 21.3. The third kappa shape index (κ3) is 2.10. The Hall–Kier alpha value is -1.62. The van der Waals surface area contributed by atoms with E-state index in [4.69, 9.17) is 15.0 Å². The Bertz CT molecular complexity index is 782. The van der Waals surface area contributed by atoms with Crippen molar-refractivity contribution in [1.82, 2.24) is 19.5 Å². The molecule has 0 saturated carbocycles. The van der Waals surface area contributed by atoms with Crippen LogP contribution in [0.3, 0.4) is 0 Å². The van der Waals surface area contributed by atoms with Gasteiger partial charge in [0.2, 0.25) is 5.95 Å². The van der Waals surface area contributed by atoms with E-state index in [0.717, 1.165) is 0 Å². The van der Waals surface area contributed by atoms with Crippen LogP contribution in [0.1, 0.15) is 6.23 Å². The average Bonchev–Trinajstić information content (AvgIpc) is 3.00. The maximum Gasteiger partial charge on any atom is 0.472 e. The second-order valence-corrected chi connectivity index (χ2v) is 6.39. The van der Waals surface area contributed by atoms with Crippen LogP contribution in [0.2, 0.25) is 0 Å². The number of hydrogen-bond acceptors (Lipinski definition) is 9. The van der Waals surface area contributed by atoms with E-state index in [2.05, 4.69) is 19.5 Å². The van der Waals surface area contributed by atoms with Crippen LogP contribution >= 0.6 is 7.82 Å². The van der Waals surface area contributed by atoms with Crippen molar-refractivity contribution in [1.29, 1.82) is 0 Å². The summed E-state index contributed by atoms with van der Waals surface area (Å²) >= 11 is 0. The number of nitrogens with two attached hydrogens (primary N) is 1. The summed E-state index contributed by atoms with van der Waals surface area (Å²) in [5, 5.41) is 10.4. The third-order valence-corrected chi connectivity index (χ3v) is 4.56. The fourth-order valence-electron chi connectivity index (χ4n) is 2.59. The number of aliphatic hydroxyl groups excluding tert-OH is 1. The number of ether oxygens (including phenoxy) is 1. The lowest BCUT2D eigenvalue weighted by molar-refractivity contribution is -0.0664. The SMILES string of the molecule is Nc1ncc2ncn(C3OC4COP(=O)(O)OC4C3O)c2n1. The number of anilines is 1. The van der Waals surface area contributed by atoms with E-state index >= 15 is 0 Å². The first-order chi connectivity index (χ1) is 10.4. The zero-order chi connectivity index (χ0) is 15.5. The fraction of sp³-hybridized carbons (Fsp3) is 0.500. The van der Waals surface area contributed by atoms with Crippen molar-refractivity contribution >= 4 is 24.9 Å². The van der Waals surface area contributed by atoms with Gasteiger partial charge in [-0.25, -0.2) is 14.5 Å². The predicted octanol–water partition coefficient (Wildman–Crippen LogP) is -0.817. The molecule has 11 nitrogen and oxygen atoms in total. The van der Waals surface area contributed by atoms with E-state index in [1.807, 2.05) is 0 Å². The van der Waals surface area contributed by atoms with E-state index in [1.54, 1.807) is 0 Å². The molecular weight excluding hydrogens is 317 g/mol. The molecule has 0 radical (unpaired) electrons. The number of aliphatic hydroxyl groups is 1. The van der Waals surface area contributed by atoms with E-state index in [9.17, 15) is 14.6 Å².